The summed E-state index contributed by atoms with van der Waals surface area (Å²) in [6.07, 6.45) is 1.38. The lowest BCUT2D eigenvalue weighted by molar-refractivity contribution is 0.486. The predicted octanol–water partition coefficient (Wildman–Crippen LogP) is 2.80. The van der Waals surface area contributed by atoms with Crippen molar-refractivity contribution in [3.05, 3.63) is 45.3 Å². The molecular formula is C11H6Cl2N4O3S2. The van der Waals surface area contributed by atoms with Crippen molar-refractivity contribution in [2.75, 3.05) is 0 Å². The van der Waals surface area contributed by atoms with Crippen molar-refractivity contribution in [1.29, 1.82) is 0 Å². The molecule has 0 saturated heterocycles. The average molecular weight is 377 g/mol. The lowest BCUT2D eigenvalue weighted by Gasteiger charge is -2.07. The summed E-state index contributed by atoms with van der Waals surface area (Å²) in [5.41, 5.74) is 0.548. The van der Waals surface area contributed by atoms with Crippen molar-refractivity contribution in [2.45, 2.75) is 4.90 Å². The summed E-state index contributed by atoms with van der Waals surface area (Å²) >= 11 is 12.6. The fourth-order valence-electron chi connectivity index (χ4n) is 1.62. The maximum Gasteiger partial charge on any atom is 0.341 e. The topological polar surface area (TPSA) is 87.0 Å². The molecule has 0 unspecified atom stereocenters. The number of aromatic nitrogens is 4. The van der Waals surface area contributed by atoms with Crippen molar-refractivity contribution >= 4 is 44.7 Å². The molecule has 0 spiro atoms. The standard InChI is InChI=1S/C11H6Cl2N4O3S2/c12-10-5-9(11(13)21-10)22(18,19)20-8-3-1-2-7(4-8)17-6-14-15-16-17/h1-6H. The smallest absolute Gasteiger partial charge is 0.341 e. The Kier molecular flexibility index (Phi) is 4.04. The van der Waals surface area contributed by atoms with Gasteiger partial charge < -0.3 is 4.18 Å². The maximum atomic E-state index is 12.2. The van der Waals surface area contributed by atoms with Crippen LogP contribution in [0.15, 0.2) is 41.6 Å². The number of thiophene rings is 1. The molecule has 0 saturated carbocycles. The molecule has 22 heavy (non-hydrogen) atoms. The van der Waals surface area contributed by atoms with Gasteiger partial charge in [0, 0.05) is 6.07 Å². The van der Waals surface area contributed by atoms with Gasteiger partial charge in [0.2, 0.25) is 0 Å². The van der Waals surface area contributed by atoms with E-state index in [4.69, 9.17) is 27.4 Å². The summed E-state index contributed by atoms with van der Waals surface area (Å²) in [6.45, 7) is 0. The highest BCUT2D eigenvalue weighted by molar-refractivity contribution is 7.87. The molecular weight excluding hydrogens is 371 g/mol. The fourth-order valence-corrected chi connectivity index (χ4v) is 4.65. The van der Waals surface area contributed by atoms with E-state index in [1.54, 1.807) is 12.1 Å². The van der Waals surface area contributed by atoms with Crippen molar-refractivity contribution in [2.24, 2.45) is 0 Å². The van der Waals surface area contributed by atoms with Gasteiger partial charge in [-0.3, -0.25) is 0 Å². The van der Waals surface area contributed by atoms with Crippen molar-refractivity contribution in [3.63, 3.8) is 0 Å². The quantitative estimate of drug-likeness (QED) is 0.650. The van der Waals surface area contributed by atoms with Crippen LogP contribution in [0.25, 0.3) is 5.69 Å². The van der Waals surface area contributed by atoms with Gasteiger partial charge in [-0.25, -0.2) is 4.68 Å². The highest BCUT2D eigenvalue weighted by Crippen LogP contribution is 2.35. The first-order valence-electron chi connectivity index (χ1n) is 5.68. The second-order valence-corrected chi connectivity index (χ2v) is 7.78. The van der Waals surface area contributed by atoms with E-state index in [2.05, 4.69) is 15.5 Å². The molecule has 2 heterocycles. The molecule has 0 radical (unpaired) electrons. The van der Waals surface area contributed by atoms with Crippen LogP contribution in [0.3, 0.4) is 0 Å². The van der Waals surface area contributed by atoms with Crippen LogP contribution in [0.5, 0.6) is 5.75 Å². The zero-order valence-electron chi connectivity index (χ0n) is 10.6. The minimum absolute atomic E-state index is 0.0432. The third-order valence-electron chi connectivity index (χ3n) is 2.53. The molecule has 0 aliphatic heterocycles. The SMILES string of the molecule is O=S(=O)(Oc1cccc(-n2cnnn2)c1)c1cc(Cl)sc1Cl. The molecule has 0 amide bonds. The Morgan fingerprint density at radius 3 is 2.68 bits per heavy atom. The Labute approximate surface area is 139 Å². The Balaban J connectivity index is 1.93. The molecule has 0 atom stereocenters. The van der Waals surface area contributed by atoms with E-state index >= 15 is 0 Å². The zero-order chi connectivity index (χ0) is 15.7. The summed E-state index contributed by atoms with van der Waals surface area (Å²) in [7, 11) is -4.08. The number of halogens is 2. The number of benzene rings is 1. The minimum Gasteiger partial charge on any atom is -0.379 e. The van der Waals surface area contributed by atoms with Crippen LogP contribution in [-0.2, 0) is 10.1 Å². The molecule has 3 aromatic rings. The Hall–Kier alpha value is -1.68. The van der Waals surface area contributed by atoms with Crippen molar-refractivity contribution < 1.29 is 12.6 Å². The van der Waals surface area contributed by atoms with Gasteiger partial charge in [-0.1, -0.05) is 29.3 Å². The third-order valence-corrected chi connectivity index (χ3v) is 5.53. The molecule has 0 aliphatic rings. The summed E-state index contributed by atoms with van der Waals surface area (Å²) in [5, 5.41) is 10.7. The number of hydrogen-bond acceptors (Lipinski definition) is 7. The molecule has 0 bridgehead atoms. The molecule has 114 valence electrons. The van der Waals surface area contributed by atoms with Crippen LogP contribution in [0.1, 0.15) is 0 Å². The lowest BCUT2D eigenvalue weighted by Crippen LogP contribution is -2.09. The molecule has 3 rings (SSSR count). The van der Waals surface area contributed by atoms with Crippen LogP contribution >= 0.6 is 34.5 Å². The van der Waals surface area contributed by atoms with E-state index in [-0.39, 0.29) is 19.3 Å². The summed E-state index contributed by atoms with van der Waals surface area (Å²) < 4.78 is 31.2. The number of hydrogen-bond donors (Lipinski definition) is 0. The van der Waals surface area contributed by atoms with E-state index < -0.39 is 10.1 Å². The summed E-state index contributed by atoms with van der Waals surface area (Å²) in [5.74, 6) is 0.103. The van der Waals surface area contributed by atoms with E-state index in [0.717, 1.165) is 11.3 Å². The maximum absolute atomic E-state index is 12.2. The van der Waals surface area contributed by atoms with Gasteiger partial charge in [0.05, 0.1) is 10.0 Å². The molecule has 0 aliphatic carbocycles. The second-order valence-electron chi connectivity index (χ2n) is 3.98. The second kappa shape index (κ2) is 5.84. The molecule has 0 fully saturated rings. The van der Waals surface area contributed by atoms with Gasteiger partial charge in [-0.2, -0.15) is 8.42 Å². The van der Waals surface area contributed by atoms with Gasteiger partial charge >= 0.3 is 10.1 Å². The zero-order valence-corrected chi connectivity index (χ0v) is 13.7. The van der Waals surface area contributed by atoms with E-state index in [1.165, 1.54) is 29.2 Å². The fraction of sp³-hybridized carbons (Fsp3) is 0. The van der Waals surface area contributed by atoms with Crippen LogP contribution in [0, 0.1) is 0 Å². The van der Waals surface area contributed by atoms with E-state index in [9.17, 15) is 8.42 Å². The average Bonchev–Trinajstić information content (AvgIpc) is 3.08. The number of nitrogens with zero attached hydrogens (tertiary/aromatic N) is 4. The minimum atomic E-state index is -4.08. The van der Waals surface area contributed by atoms with Gasteiger partial charge in [0.15, 0.2) is 0 Å². The highest BCUT2D eigenvalue weighted by atomic mass is 35.5. The third kappa shape index (κ3) is 3.07. The van der Waals surface area contributed by atoms with Crippen LogP contribution < -0.4 is 4.18 Å². The summed E-state index contributed by atoms with van der Waals surface area (Å²) in [6, 6.07) is 7.53. The van der Waals surface area contributed by atoms with Crippen molar-refractivity contribution in [3.8, 4) is 11.4 Å². The number of tetrazole rings is 1. The van der Waals surface area contributed by atoms with E-state index in [0.29, 0.717) is 5.69 Å². The normalized spacial score (nSPS) is 11.5. The Morgan fingerprint density at radius 2 is 2.05 bits per heavy atom. The molecule has 1 aromatic carbocycles. The van der Waals surface area contributed by atoms with Gasteiger partial charge in [0.1, 0.15) is 21.3 Å². The van der Waals surface area contributed by atoms with Crippen LogP contribution in [-0.4, -0.2) is 28.6 Å². The Bertz CT molecular complexity index is 909. The monoisotopic (exact) mass is 376 g/mol. The molecule has 0 N–H and O–H groups in total. The van der Waals surface area contributed by atoms with Crippen LogP contribution in [0.2, 0.25) is 8.67 Å². The first kappa shape index (κ1) is 15.2. The molecule has 7 nitrogen and oxygen atoms in total. The number of rotatable bonds is 4. The first-order chi connectivity index (χ1) is 10.5. The predicted molar refractivity (Wildman–Crippen MR) is 81.3 cm³/mol. The molecule has 2 aromatic heterocycles. The largest absolute Gasteiger partial charge is 0.379 e. The first-order valence-corrected chi connectivity index (χ1v) is 8.66. The molecule has 11 heteroatoms. The van der Waals surface area contributed by atoms with Gasteiger partial charge in [-0.15, -0.1) is 16.4 Å². The highest BCUT2D eigenvalue weighted by Gasteiger charge is 2.23. The van der Waals surface area contributed by atoms with E-state index in [1.807, 2.05) is 0 Å². The van der Waals surface area contributed by atoms with Gasteiger partial charge in [0.25, 0.3) is 0 Å². The Morgan fingerprint density at radius 1 is 1.23 bits per heavy atom. The summed E-state index contributed by atoms with van der Waals surface area (Å²) in [4.78, 5) is -0.169. The lowest BCUT2D eigenvalue weighted by atomic mass is 10.3. The van der Waals surface area contributed by atoms with Crippen molar-refractivity contribution in [1.82, 2.24) is 20.2 Å². The van der Waals surface area contributed by atoms with Gasteiger partial charge in [-0.05, 0) is 28.6 Å². The van der Waals surface area contributed by atoms with Crippen LogP contribution in [0.4, 0.5) is 0 Å².